The summed E-state index contributed by atoms with van der Waals surface area (Å²) in [7, 11) is 0. The predicted molar refractivity (Wildman–Crippen MR) is 139 cm³/mol. The molecular formula is C28H42F2N2O2. The van der Waals surface area contributed by atoms with Crippen LogP contribution in [0, 0.1) is 5.92 Å². The molecule has 1 rings (SSSR count). The van der Waals surface area contributed by atoms with Gasteiger partial charge in [-0.25, -0.2) is 13.8 Å². The molecule has 0 saturated carbocycles. The minimum absolute atomic E-state index is 0.0829. The molecule has 0 spiro atoms. The number of hydrogen-bond acceptors (Lipinski definition) is 3. The van der Waals surface area contributed by atoms with E-state index < -0.39 is 12.0 Å². The molecule has 2 atom stereocenters. The number of carbonyl (C=O) groups excluding carboxylic acids is 1. The highest BCUT2D eigenvalue weighted by atomic mass is 19.3. The Labute approximate surface area is 204 Å². The number of halogens is 2. The van der Waals surface area contributed by atoms with Crippen molar-refractivity contribution in [3.8, 4) is 0 Å². The van der Waals surface area contributed by atoms with E-state index in [1.807, 2.05) is 26.8 Å². The number of alkyl halides is 2. The van der Waals surface area contributed by atoms with Crippen LogP contribution in [-0.4, -0.2) is 34.7 Å². The summed E-state index contributed by atoms with van der Waals surface area (Å²) in [4.78, 5) is 17.2. The first-order valence-electron chi connectivity index (χ1n) is 11.9. The van der Waals surface area contributed by atoms with Gasteiger partial charge in [-0.05, 0) is 37.8 Å². The number of hydrogen-bond donors (Lipinski definition) is 1. The van der Waals surface area contributed by atoms with Crippen LogP contribution in [0.15, 0.2) is 66.3 Å². The van der Waals surface area contributed by atoms with E-state index in [4.69, 9.17) is 0 Å². The molecule has 0 bridgehead atoms. The lowest BCUT2D eigenvalue weighted by Gasteiger charge is -2.28. The van der Waals surface area contributed by atoms with Crippen molar-refractivity contribution >= 4 is 11.6 Å². The second-order valence-corrected chi connectivity index (χ2v) is 8.28. The third-order valence-electron chi connectivity index (χ3n) is 5.28. The summed E-state index contributed by atoms with van der Waals surface area (Å²) < 4.78 is 26.8. The Kier molecular flexibility index (Phi) is 14.9. The highest BCUT2D eigenvalue weighted by Gasteiger charge is 2.25. The number of aliphatic hydroxyl groups is 1. The molecule has 0 fully saturated rings. The largest absolute Gasteiger partial charge is 0.384 e. The molecule has 0 radical (unpaired) electrons. The SMILES string of the molecule is C=C(C(=N/C=C\C)N(CCC)CCC)C(O)c1ccc(C(C)(F)F)cc1.C=CC(=O)C(C)CC. The number of benzene rings is 1. The molecule has 0 aliphatic rings. The lowest BCUT2D eigenvalue weighted by atomic mass is 9.98. The van der Waals surface area contributed by atoms with Crippen LogP contribution in [0.3, 0.4) is 0 Å². The summed E-state index contributed by atoms with van der Waals surface area (Å²) in [6, 6.07) is 5.70. The smallest absolute Gasteiger partial charge is 0.270 e. The van der Waals surface area contributed by atoms with Crippen molar-refractivity contribution in [3.63, 3.8) is 0 Å². The molecule has 0 amide bonds. The fourth-order valence-electron chi connectivity index (χ4n) is 3.06. The Morgan fingerprint density at radius 2 is 1.71 bits per heavy atom. The summed E-state index contributed by atoms with van der Waals surface area (Å²) in [5.74, 6) is -1.97. The van der Waals surface area contributed by atoms with Gasteiger partial charge in [0, 0.05) is 43.3 Å². The van der Waals surface area contributed by atoms with Crippen molar-refractivity contribution < 1.29 is 18.7 Å². The zero-order valence-electron chi connectivity index (χ0n) is 21.7. The van der Waals surface area contributed by atoms with E-state index in [-0.39, 0.29) is 17.3 Å². The Morgan fingerprint density at radius 1 is 1.18 bits per heavy atom. The zero-order chi connectivity index (χ0) is 26.3. The van der Waals surface area contributed by atoms with Gasteiger partial charge in [-0.1, -0.05) is 71.2 Å². The van der Waals surface area contributed by atoms with Crippen molar-refractivity contribution in [3.05, 3.63) is 72.5 Å². The maximum Gasteiger partial charge on any atom is 0.270 e. The van der Waals surface area contributed by atoms with E-state index in [0.717, 1.165) is 39.3 Å². The molecule has 1 aromatic rings. The Balaban J connectivity index is 0.00000116. The van der Waals surface area contributed by atoms with E-state index in [1.54, 1.807) is 6.20 Å². The van der Waals surface area contributed by atoms with Gasteiger partial charge in [0.05, 0.1) is 0 Å². The second-order valence-electron chi connectivity index (χ2n) is 8.28. The fourth-order valence-corrected chi connectivity index (χ4v) is 3.06. The second kappa shape index (κ2) is 16.1. The third-order valence-corrected chi connectivity index (χ3v) is 5.28. The van der Waals surface area contributed by atoms with Gasteiger partial charge in [-0.2, -0.15) is 0 Å². The average Bonchev–Trinajstić information content (AvgIpc) is 2.82. The molecular weight excluding hydrogens is 434 g/mol. The van der Waals surface area contributed by atoms with Gasteiger partial charge in [0.1, 0.15) is 11.9 Å². The van der Waals surface area contributed by atoms with Gasteiger partial charge >= 0.3 is 0 Å². The maximum absolute atomic E-state index is 13.4. The van der Waals surface area contributed by atoms with Crippen LogP contribution in [0.5, 0.6) is 0 Å². The lowest BCUT2D eigenvalue weighted by Crippen LogP contribution is -2.35. The van der Waals surface area contributed by atoms with Gasteiger partial charge < -0.3 is 10.0 Å². The van der Waals surface area contributed by atoms with Gasteiger partial charge in [-0.15, -0.1) is 0 Å². The van der Waals surface area contributed by atoms with Gasteiger partial charge in [0.15, 0.2) is 5.78 Å². The first-order valence-corrected chi connectivity index (χ1v) is 11.9. The number of aliphatic imine (C=N–C) groups is 1. The molecule has 0 aromatic heterocycles. The minimum Gasteiger partial charge on any atom is -0.384 e. The van der Waals surface area contributed by atoms with Gasteiger partial charge in [0.25, 0.3) is 5.92 Å². The van der Waals surface area contributed by atoms with Crippen molar-refractivity contribution in [1.82, 2.24) is 4.90 Å². The molecule has 2 unspecified atom stereocenters. The molecule has 190 valence electrons. The normalized spacial score (nSPS) is 13.6. The van der Waals surface area contributed by atoms with E-state index >= 15 is 0 Å². The first kappa shape index (κ1) is 31.4. The summed E-state index contributed by atoms with van der Waals surface area (Å²) in [6.07, 6.45) is 6.66. The van der Waals surface area contributed by atoms with E-state index in [0.29, 0.717) is 17.0 Å². The van der Waals surface area contributed by atoms with Crippen LogP contribution in [0.1, 0.15) is 78.0 Å². The van der Waals surface area contributed by atoms with Gasteiger partial charge in [0.2, 0.25) is 0 Å². The predicted octanol–water partition coefficient (Wildman–Crippen LogP) is 7.23. The number of amidine groups is 1. The maximum atomic E-state index is 13.4. The monoisotopic (exact) mass is 476 g/mol. The molecule has 0 saturated heterocycles. The first-order chi connectivity index (χ1) is 16.0. The molecule has 0 aliphatic heterocycles. The highest BCUT2D eigenvalue weighted by Crippen LogP contribution is 2.29. The molecule has 0 aliphatic carbocycles. The number of ketones is 1. The van der Waals surface area contributed by atoms with Crippen molar-refractivity contribution in [2.75, 3.05) is 13.1 Å². The van der Waals surface area contributed by atoms with Crippen LogP contribution in [0.4, 0.5) is 8.78 Å². The van der Waals surface area contributed by atoms with Gasteiger partial charge in [-0.3, -0.25) is 4.79 Å². The molecule has 1 N–H and O–H groups in total. The van der Waals surface area contributed by atoms with Crippen LogP contribution in [0.2, 0.25) is 0 Å². The average molecular weight is 477 g/mol. The van der Waals surface area contributed by atoms with Crippen LogP contribution >= 0.6 is 0 Å². The summed E-state index contributed by atoms with van der Waals surface area (Å²) in [5.41, 5.74) is 0.894. The summed E-state index contributed by atoms with van der Waals surface area (Å²) in [5, 5.41) is 10.7. The van der Waals surface area contributed by atoms with Crippen LogP contribution < -0.4 is 0 Å². The molecule has 0 heterocycles. The van der Waals surface area contributed by atoms with Crippen LogP contribution in [-0.2, 0) is 10.7 Å². The minimum atomic E-state index is -2.90. The quantitative estimate of drug-likeness (QED) is 0.197. The molecule has 4 nitrogen and oxygen atoms in total. The number of rotatable bonds is 12. The zero-order valence-corrected chi connectivity index (χ0v) is 21.7. The summed E-state index contributed by atoms with van der Waals surface area (Å²) in [6.45, 7) is 19.8. The Bertz CT molecular complexity index is 818. The van der Waals surface area contributed by atoms with E-state index in [1.165, 1.54) is 30.3 Å². The third kappa shape index (κ3) is 10.6. The van der Waals surface area contributed by atoms with Crippen molar-refractivity contribution in [2.45, 2.75) is 72.8 Å². The number of nitrogens with zero attached hydrogens (tertiary/aromatic N) is 2. The van der Waals surface area contributed by atoms with Crippen LogP contribution in [0.25, 0.3) is 0 Å². The number of allylic oxidation sites excluding steroid dienone is 2. The highest BCUT2D eigenvalue weighted by molar-refractivity contribution is 5.99. The Morgan fingerprint density at radius 3 is 2.06 bits per heavy atom. The topological polar surface area (TPSA) is 52.9 Å². The van der Waals surface area contributed by atoms with E-state index in [9.17, 15) is 18.7 Å². The summed E-state index contributed by atoms with van der Waals surface area (Å²) >= 11 is 0. The lowest BCUT2D eigenvalue weighted by molar-refractivity contribution is -0.117. The van der Waals surface area contributed by atoms with Crippen molar-refractivity contribution in [2.24, 2.45) is 10.9 Å². The van der Waals surface area contributed by atoms with E-state index in [2.05, 4.69) is 36.9 Å². The standard InChI is InChI=1S/C21H30F2N2O.C7H12O/c1-6-13-24-20(25(14-7-2)15-8-3)16(4)19(26)17-9-11-18(12-10-17)21(5,22)23;1-4-6(3)7(8)5-2/h6,9-13,19,26H,4,7-8,14-15H2,1-3,5H3;5-6H,2,4H2,1,3H3/b13-6-,24-20?;. The number of carbonyl (C=O) groups is 1. The Hall–Kier alpha value is -2.60. The number of aliphatic hydroxyl groups excluding tert-OH is 1. The molecule has 34 heavy (non-hydrogen) atoms. The molecule has 6 heteroatoms. The fraction of sp³-hybridized carbons (Fsp3) is 0.500. The molecule has 1 aromatic carbocycles. The van der Waals surface area contributed by atoms with Crippen molar-refractivity contribution in [1.29, 1.82) is 0 Å².